The van der Waals surface area contributed by atoms with Crippen LogP contribution in [0.4, 0.5) is 5.69 Å². The maximum absolute atomic E-state index is 11.8. The van der Waals surface area contributed by atoms with Crippen molar-refractivity contribution in [1.82, 2.24) is 5.84 Å². The lowest BCUT2D eigenvalue weighted by atomic mass is 9.90. The lowest BCUT2D eigenvalue weighted by molar-refractivity contribution is 0.0698. The molecular weight excluding hydrogens is 348 g/mol. The van der Waals surface area contributed by atoms with Crippen molar-refractivity contribution in [3.63, 3.8) is 0 Å². The van der Waals surface area contributed by atoms with Gasteiger partial charge < -0.3 is 20.1 Å². The SMILES string of the molecule is [NH]Nc1ccc(-c2c3ccc(=O)cc-3oc3cc(O)ccc23)c(C(=O)O)c1. The Labute approximate surface area is 152 Å². The molecule has 2 aromatic carbocycles. The highest BCUT2D eigenvalue weighted by Crippen LogP contribution is 2.42. The Morgan fingerprint density at radius 2 is 1.78 bits per heavy atom. The minimum absolute atomic E-state index is 0.000301. The quantitative estimate of drug-likeness (QED) is 0.378. The van der Waals surface area contributed by atoms with Crippen LogP contribution in [0.1, 0.15) is 10.4 Å². The van der Waals surface area contributed by atoms with Crippen LogP contribution in [-0.4, -0.2) is 16.2 Å². The summed E-state index contributed by atoms with van der Waals surface area (Å²) < 4.78 is 5.77. The number of phenols is 1. The van der Waals surface area contributed by atoms with E-state index in [9.17, 15) is 19.8 Å². The number of hydrogen-bond donors (Lipinski definition) is 3. The van der Waals surface area contributed by atoms with E-state index in [-0.39, 0.29) is 22.5 Å². The first-order valence-corrected chi connectivity index (χ1v) is 7.98. The van der Waals surface area contributed by atoms with E-state index in [2.05, 4.69) is 5.43 Å². The van der Waals surface area contributed by atoms with Crippen LogP contribution in [-0.2, 0) is 0 Å². The molecule has 1 radical (unpaired) electrons. The standard InChI is InChI=1S/C20H13N2O5/c21-22-10-1-4-13(16(7-10)20(25)26)19-14-5-2-11(23)8-17(14)27-18-9-12(24)3-6-15(18)19/h1-9,21-23H,(H,25,26). The molecule has 0 saturated heterocycles. The average Bonchev–Trinajstić information content (AvgIpc) is 2.65. The molecule has 2 aliphatic rings. The molecule has 0 amide bonds. The molecule has 0 unspecified atom stereocenters. The van der Waals surface area contributed by atoms with Gasteiger partial charge in [-0.05, 0) is 42.0 Å². The van der Waals surface area contributed by atoms with Gasteiger partial charge in [-0.25, -0.2) is 4.79 Å². The second kappa shape index (κ2) is 6.15. The van der Waals surface area contributed by atoms with Gasteiger partial charge in [-0.1, -0.05) is 6.07 Å². The van der Waals surface area contributed by atoms with Gasteiger partial charge >= 0.3 is 5.97 Å². The third-order valence-corrected chi connectivity index (χ3v) is 4.34. The molecule has 2 aromatic rings. The first-order valence-electron chi connectivity index (χ1n) is 7.98. The van der Waals surface area contributed by atoms with Gasteiger partial charge in [-0.2, -0.15) is 5.84 Å². The monoisotopic (exact) mass is 361 g/mol. The van der Waals surface area contributed by atoms with Crippen molar-refractivity contribution >= 4 is 22.6 Å². The maximum Gasteiger partial charge on any atom is 0.336 e. The molecule has 133 valence electrons. The minimum Gasteiger partial charge on any atom is -0.508 e. The summed E-state index contributed by atoms with van der Waals surface area (Å²) in [6.07, 6.45) is 0. The highest BCUT2D eigenvalue weighted by Gasteiger charge is 2.22. The van der Waals surface area contributed by atoms with E-state index in [4.69, 9.17) is 10.3 Å². The smallest absolute Gasteiger partial charge is 0.336 e. The Balaban J connectivity index is 2.18. The summed E-state index contributed by atoms with van der Waals surface area (Å²) in [7, 11) is 0. The average molecular weight is 361 g/mol. The molecule has 27 heavy (non-hydrogen) atoms. The Morgan fingerprint density at radius 3 is 2.52 bits per heavy atom. The van der Waals surface area contributed by atoms with Crippen LogP contribution in [0.25, 0.3) is 33.4 Å². The van der Waals surface area contributed by atoms with E-state index in [0.29, 0.717) is 33.3 Å². The van der Waals surface area contributed by atoms with Gasteiger partial charge in [0.1, 0.15) is 17.1 Å². The zero-order valence-electron chi connectivity index (χ0n) is 13.8. The molecule has 1 heterocycles. The van der Waals surface area contributed by atoms with Crippen LogP contribution in [0, 0.1) is 0 Å². The summed E-state index contributed by atoms with van der Waals surface area (Å²) in [6, 6.07) is 13.4. The van der Waals surface area contributed by atoms with Crippen molar-refractivity contribution in [1.29, 1.82) is 0 Å². The summed E-state index contributed by atoms with van der Waals surface area (Å²) in [6.45, 7) is 0. The predicted octanol–water partition coefficient (Wildman–Crippen LogP) is 3.58. The van der Waals surface area contributed by atoms with Crippen LogP contribution >= 0.6 is 0 Å². The Bertz CT molecular complexity index is 1230. The lowest BCUT2D eigenvalue weighted by Crippen LogP contribution is -2.04. The maximum atomic E-state index is 11.8. The van der Waals surface area contributed by atoms with Gasteiger partial charge in [0, 0.05) is 28.6 Å². The van der Waals surface area contributed by atoms with Gasteiger partial charge in [0.25, 0.3) is 0 Å². The fourth-order valence-electron chi connectivity index (χ4n) is 3.17. The molecule has 0 aromatic heterocycles. The van der Waals surface area contributed by atoms with Crippen molar-refractivity contribution < 1.29 is 19.4 Å². The number of anilines is 1. The highest BCUT2D eigenvalue weighted by molar-refractivity contribution is 6.08. The lowest BCUT2D eigenvalue weighted by Gasteiger charge is -2.17. The van der Waals surface area contributed by atoms with E-state index in [0.717, 1.165) is 0 Å². The Hall–Kier alpha value is -3.84. The number of carbonyl (C=O) groups is 1. The fraction of sp³-hybridized carbons (Fsp3) is 0. The number of nitrogens with one attached hydrogen (secondary N) is 2. The second-order valence-corrected chi connectivity index (χ2v) is 6.01. The molecule has 0 fully saturated rings. The van der Waals surface area contributed by atoms with Crippen LogP contribution in [0.3, 0.4) is 0 Å². The molecule has 0 spiro atoms. The summed E-state index contributed by atoms with van der Waals surface area (Å²) in [5, 5.41) is 20.1. The number of carboxylic acids is 1. The Morgan fingerprint density at radius 1 is 1.00 bits per heavy atom. The fourth-order valence-corrected chi connectivity index (χ4v) is 3.17. The van der Waals surface area contributed by atoms with Gasteiger partial charge in [0.15, 0.2) is 5.43 Å². The highest BCUT2D eigenvalue weighted by atomic mass is 16.4. The number of carboxylic acid groups (broad SMARTS) is 1. The second-order valence-electron chi connectivity index (χ2n) is 6.01. The molecule has 4 N–H and O–H groups in total. The van der Waals surface area contributed by atoms with Crippen molar-refractivity contribution in [3.05, 3.63) is 70.4 Å². The predicted molar refractivity (Wildman–Crippen MR) is 99.9 cm³/mol. The third-order valence-electron chi connectivity index (χ3n) is 4.34. The van der Waals surface area contributed by atoms with E-state index in [1.807, 2.05) is 0 Å². The van der Waals surface area contributed by atoms with E-state index >= 15 is 0 Å². The summed E-state index contributed by atoms with van der Waals surface area (Å²) in [5.41, 5.74) is 4.15. The van der Waals surface area contributed by atoms with Gasteiger partial charge in [-0.15, -0.1) is 0 Å². The number of phenolic OH excluding ortho intramolecular Hbond substituents is 1. The van der Waals surface area contributed by atoms with E-state index < -0.39 is 5.97 Å². The summed E-state index contributed by atoms with van der Waals surface area (Å²) >= 11 is 0. The molecule has 0 saturated carbocycles. The van der Waals surface area contributed by atoms with E-state index in [1.165, 1.54) is 30.3 Å². The first kappa shape index (κ1) is 16.6. The number of aromatic hydroxyl groups is 1. The largest absolute Gasteiger partial charge is 0.508 e. The Kier molecular flexibility index (Phi) is 3.79. The van der Waals surface area contributed by atoms with Crippen molar-refractivity contribution in [2.75, 3.05) is 5.43 Å². The van der Waals surface area contributed by atoms with Crippen LogP contribution in [0.5, 0.6) is 5.75 Å². The topological polar surface area (TPSA) is 124 Å². The molecule has 7 heteroatoms. The summed E-state index contributed by atoms with van der Waals surface area (Å²) in [4.78, 5) is 23.6. The number of fused-ring (bicyclic) bond motifs is 2. The van der Waals surface area contributed by atoms with Gasteiger partial charge in [0.2, 0.25) is 0 Å². The van der Waals surface area contributed by atoms with E-state index in [1.54, 1.807) is 24.3 Å². The normalized spacial score (nSPS) is 11.0. The first-order chi connectivity index (χ1) is 13.0. The van der Waals surface area contributed by atoms with Crippen LogP contribution in [0.15, 0.2) is 63.8 Å². The number of rotatable bonds is 3. The third kappa shape index (κ3) is 2.76. The minimum atomic E-state index is -1.15. The van der Waals surface area contributed by atoms with Crippen LogP contribution in [0.2, 0.25) is 0 Å². The number of benzene rings is 3. The van der Waals surface area contributed by atoms with Crippen LogP contribution < -0.4 is 16.7 Å². The summed E-state index contributed by atoms with van der Waals surface area (Å²) in [5.74, 6) is 6.37. The molecule has 1 aliphatic heterocycles. The number of aromatic carboxylic acids is 1. The molecule has 7 nitrogen and oxygen atoms in total. The van der Waals surface area contributed by atoms with Crippen molar-refractivity contribution in [2.24, 2.45) is 0 Å². The van der Waals surface area contributed by atoms with Gasteiger partial charge in [-0.3, -0.25) is 4.79 Å². The molecular formula is C20H13N2O5. The zero-order valence-corrected chi connectivity index (χ0v) is 13.8. The van der Waals surface area contributed by atoms with Crippen molar-refractivity contribution in [3.8, 4) is 28.2 Å². The number of hydrogen-bond acceptors (Lipinski definition) is 5. The molecule has 1 aliphatic carbocycles. The molecule has 0 atom stereocenters. The zero-order chi connectivity index (χ0) is 19.1. The molecule has 4 rings (SSSR count). The molecule has 0 bridgehead atoms. The van der Waals surface area contributed by atoms with Gasteiger partial charge in [0.05, 0.1) is 11.3 Å². The van der Waals surface area contributed by atoms with Crippen molar-refractivity contribution in [2.45, 2.75) is 0 Å².